The van der Waals surface area contributed by atoms with E-state index in [2.05, 4.69) is 31.2 Å². The number of allylic oxidation sites excluding steroid dienone is 4. The van der Waals surface area contributed by atoms with Crippen LogP contribution in [0.15, 0.2) is 24.3 Å². The van der Waals surface area contributed by atoms with E-state index in [4.69, 9.17) is 5.73 Å². The van der Waals surface area contributed by atoms with Gasteiger partial charge in [-0.2, -0.15) is 0 Å². The first-order valence-electron chi connectivity index (χ1n) is 7.42. The summed E-state index contributed by atoms with van der Waals surface area (Å²) in [6.07, 6.45) is 22.0. The zero-order chi connectivity index (χ0) is 12.6. The molecule has 0 radical (unpaired) electrons. The Kier molecular flexibility index (Phi) is 14.9. The number of hydrogen-bond donors (Lipinski definition) is 1. The van der Waals surface area contributed by atoms with Gasteiger partial charge in [0.2, 0.25) is 0 Å². The maximum atomic E-state index is 5.45. The van der Waals surface area contributed by atoms with Crippen molar-refractivity contribution >= 4 is 0 Å². The summed E-state index contributed by atoms with van der Waals surface area (Å²) in [5.74, 6) is 0. The normalized spacial score (nSPS) is 11.9. The molecule has 0 spiro atoms. The van der Waals surface area contributed by atoms with Crippen LogP contribution < -0.4 is 5.73 Å². The predicted molar refractivity (Wildman–Crippen MR) is 79.2 cm³/mol. The van der Waals surface area contributed by atoms with Crippen LogP contribution in [0.1, 0.15) is 71.1 Å². The van der Waals surface area contributed by atoms with Crippen LogP contribution in [0.5, 0.6) is 0 Å². The third kappa shape index (κ3) is 15.4. The minimum Gasteiger partial charge on any atom is -0.330 e. The fraction of sp³-hybridized carbons (Fsp3) is 0.750. The average Bonchev–Trinajstić information content (AvgIpc) is 2.35. The van der Waals surface area contributed by atoms with E-state index in [9.17, 15) is 0 Å². The molecule has 0 atom stereocenters. The van der Waals surface area contributed by atoms with E-state index in [0.717, 1.165) is 13.0 Å². The quantitative estimate of drug-likeness (QED) is 0.376. The van der Waals surface area contributed by atoms with E-state index in [1.165, 1.54) is 57.8 Å². The van der Waals surface area contributed by atoms with Crippen molar-refractivity contribution in [2.45, 2.75) is 71.1 Å². The topological polar surface area (TPSA) is 26.0 Å². The molecule has 2 N–H and O–H groups in total. The Labute approximate surface area is 108 Å². The second kappa shape index (κ2) is 15.4. The van der Waals surface area contributed by atoms with Crippen LogP contribution >= 0.6 is 0 Å². The molecule has 1 nitrogen and oxygen atoms in total. The Balaban J connectivity index is 3.13. The molecule has 0 saturated heterocycles. The second-order valence-corrected chi connectivity index (χ2v) is 4.67. The van der Waals surface area contributed by atoms with Gasteiger partial charge in [0.1, 0.15) is 0 Å². The molecule has 0 aromatic heterocycles. The van der Waals surface area contributed by atoms with Crippen molar-refractivity contribution in [2.24, 2.45) is 5.73 Å². The van der Waals surface area contributed by atoms with Crippen molar-refractivity contribution in [1.29, 1.82) is 0 Å². The van der Waals surface area contributed by atoms with Crippen LogP contribution in [-0.4, -0.2) is 6.54 Å². The molecule has 0 heterocycles. The molecule has 0 aliphatic carbocycles. The lowest BCUT2D eigenvalue weighted by Gasteiger charge is -1.95. The second-order valence-electron chi connectivity index (χ2n) is 4.67. The number of rotatable bonds is 12. The third-order valence-electron chi connectivity index (χ3n) is 2.90. The molecule has 0 aromatic carbocycles. The van der Waals surface area contributed by atoms with Crippen molar-refractivity contribution in [2.75, 3.05) is 6.54 Å². The van der Waals surface area contributed by atoms with Crippen LogP contribution in [0.2, 0.25) is 0 Å². The summed E-state index contributed by atoms with van der Waals surface area (Å²) in [6.45, 7) is 3.10. The van der Waals surface area contributed by atoms with Gasteiger partial charge in [-0.3, -0.25) is 0 Å². The molecule has 0 aromatic rings. The minimum atomic E-state index is 0.846. The van der Waals surface area contributed by atoms with Crippen molar-refractivity contribution in [1.82, 2.24) is 0 Å². The summed E-state index contributed by atoms with van der Waals surface area (Å²) >= 11 is 0. The van der Waals surface area contributed by atoms with Gasteiger partial charge in [0.15, 0.2) is 0 Å². The SMILES string of the molecule is CCCCC/C=C\C/C=C\CCCCCCN. The largest absolute Gasteiger partial charge is 0.330 e. The molecule has 0 amide bonds. The molecular weight excluding hydrogens is 206 g/mol. The Morgan fingerprint density at radius 1 is 0.706 bits per heavy atom. The molecule has 1 heteroatoms. The lowest BCUT2D eigenvalue weighted by atomic mass is 10.1. The molecule has 100 valence electrons. The highest BCUT2D eigenvalue weighted by Crippen LogP contribution is 2.04. The number of unbranched alkanes of at least 4 members (excludes halogenated alkanes) is 7. The first-order chi connectivity index (χ1) is 8.41. The summed E-state index contributed by atoms with van der Waals surface area (Å²) in [5, 5.41) is 0. The van der Waals surface area contributed by atoms with Gasteiger partial charge in [0.05, 0.1) is 0 Å². The lowest BCUT2D eigenvalue weighted by Crippen LogP contribution is -1.97. The monoisotopic (exact) mass is 237 g/mol. The van der Waals surface area contributed by atoms with E-state index >= 15 is 0 Å². The first-order valence-corrected chi connectivity index (χ1v) is 7.42. The number of hydrogen-bond acceptors (Lipinski definition) is 1. The standard InChI is InChI=1S/C16H31N/c1-2-3-4-5-6-7-8-9-10-11-12-13-14-15-16-17/h6-7,9-10H,2-5,8,11-17H2,1H3/b7-6-,10-9-. The molecular formula is C16H31N. The summed E-state index contributed by atoms with van der Waals surface area (Å²) in [4.78, 5) is 0. The van der Waals surface area contributed by atoms with Crippen molar-refractivity contribution in [3.63, 3.8) is 0 Å². The van der Waals surface area contributed by atoms with Gasteiger partial charge in [0.25, 0.3) is 0 Å². The van der Waals surface area contributed by atoms with E-state index in [1.54, 1.807) is 0 Å². The van der Waals surface area contributed by atoms with Crippen LogP contribution in [-0.2, 0) is 0 Å². The van der Waals surface area contributed by atoms with Gasteiger partial charge in [0, 0.05) is 0 Å². The smallest absolute Gasteiger partial charge is 0.00773 e. The van der Waals surface area contributed by atoms with E-state index < -0.39 is 0 Å². The highest BCUT2D eigenvalue weighted by Gasteiger charge is 1.86. The average molecular weight is 237 g/mol. The van der Waals surface area contributed by atoms with E-state index in [0.29, 0.717) is 0 Å². The molecule has 0 fully saturated rings. The van der Waals surface area contributed by atoms with Crippen molar-refractivity contribution in [3.8, 4) is 0 Å². The van der Waals surface area contributed by atoms with Gasteiger partial charge in [-0.25, -0.2) is 0 Å². The lowest BCUT2D eigenvalue weighted by molar-refractivity contribution is 0.652. The van der Waals surface area contributed by atoms with Crippen molar-refractivity contribution in [3.05, 3.63) is 24.3 Å². The Morgan fingerprint density at radius 2 is 1.29 bits per heavy atom. The van der Waals surface area contributed by atoms with Gasteiger partial charge in [-0.05, 0) is 45.1 Å². The summed E-state index contributed by atoms with van der Waals surface area (Å²) in [5.41, 5.74) is 5.45. The van der Waals surface area contributed by atoms with Crippen LogP contribution in [0.25, 0.3) is 0 Å². The van der Waals surface area contributed by atoms with Crippen molar-refractivity contribution < 1.29 is 0 Å². The summed E-state index contributed by atoms with van der Waals surface area (Å²) in [7, 11) is 0. The Morgan fingerprint density at radius 3 is 1.88 bits per heavy atom. The van der Waals surface area contributed by atoms with Crippen LogP contribution in [0.3, 0.4) is 0 Å². The Bertz CT molecular complexity index is 182. The molecule has 0 saturated carbocycles. The predicted octanol–water partition coefficient (Wildman–Crippen LogP) is 4.98. The summed E-state index contributed by atoms with van der Waals surface area (Å²) in [6, 6.07) is 0. The third-order valence-corrected chi connectivity index (χ3v) is 2.90. The molecule has 0 aliphatic heterocycles. The molecule has 17 heavy (non-hydrogen) atoms. The molecule has 0 bridgehead atoms. The van der Waals surface area contributed by atoms with Gasteiger partial charge in [-0.15, -0.1) is 0 Å². The summed E-state index contributed by atoms with van der Waals surface area (Å²) < 4.78 is 0. The molecule has 0 rings (SSSR count). The van der Waals surface area contributed by atoms with Gasteiger partial charge < -0.3 is 5.73 Å². The highest BCUT2D eigenvalue weighted by molar-refractivity contribution is 4.92. The van der Waals surface area contributed by atoms with Gasteiger partial charge in [-0.1, -0.05) is 56.9 Å². The minimum absolute atomic E-state index is 0.846. The van der Waals surface area contributed by atoms with E-state index in [-0.39, 0.29) is 0 Å². The first kappa shape index (κ1) is 16.4. The van der Waals surface area contributed by atoms with Crippen LogP contribution in [0, 0.1) is 0 Å². The Hall–Kier alpha value is -0.560. The molecule has 0 unspecified atom stereocenters. The fourth-order valence-electron chi connectivity index (χ4n) is 1.78. The van der Waals surface area contributed by atoms with E-state index in [1.807, 2.05) is 0 Å². The fourth-order valence-corrected chi connectivity index (χ4v) is 1.78. The number of nitrogens with two attached hydrogens (primary N) is 1. The van der Waals surface area contributed by atoms with Gasteiger partial charge >= 0.3 is 0 Å². The highest BCUT2D eigenvalue weighted by atomic mass is 14.5. The maximum Gasteiger partial charge on any atom is -0.00773 e. The molecule has 0 aliphatic rings. The maximum absolute atomic E-state index is 5.45. The zero-order valence-electron chi connectivity index (χ0n) is 11.7. The zero-order valence-corrected chi connectivity index (χ0v) is 11.7. The van der Waals surface area contributed by atoms with Crippen LogP contribution in [0.4, 0.5) is 0 Å².